The van der Waals surface area contributed by atoms with Gasteiger partial charge in [0.15, 0.2) is 17.5 Å². The van der Waals surface area contributed by atoms with E-state index in [1.165, 1.54) is 0 Å². The Hall–Kier alpha value is -6.53. The van der Waals surface area contributed by atoms with E-state index in [2.05, 4.69) is 36.4 Å². The van der Waals surface area contributed by atoms with Crippen molar-refractivity contribution in [3.05, 3.63) is 152 Å². The fraction of sp³-hybridized carbons (Fsp3) is 0. The van der Waals surface area contributed by atoms with Crippen LogP contribution in [0.25, 0.3) is 89.7 Å². The smallest absolute Gasteiger partial charge is 0.164 e. The minimum Gasteiger partial charge on any atom is -0.456 e. The van der Waals surface area contributed by atoms with Crippen LogP contribution >= 0.6 is 0 Å². The Morgan fingerprint density at radius 1 is 0.319 bits per heavy atom. The van der Waals surface area contributed by atoms with Gasteiger partial charge in [0.2, 0.25) is 0 Å². The summed E-state index contributed by atoms with van der Waals surface area (Å²) in [5, 5.41) is 2.16. The normalized spacial score (nSPS) is 11.4. The average molecular weight is 604 g/mol. The van der Waals surface area contributed by atoms with Crippen molar-refractivity contribution < 1.29 is 4.42 Å². The molecule has 0 aliphatic carbocycles. The molecular weight excluding hydrogens is 578 g/mol. The molecule has 0 aliphatic rings. The van der Waals surface area contributed by atoms with Crippen molar-refractivity contribution in [3.8, 4) is 56.7 Å². The Bertz CT molecular complexity index is 2520. The summed E-state index contributed by atoms with van der Waals surface area (Å²) in [4.78, 5) is 25.1. The molecule has 0 fully saturated rings. The van der Waals surface area contributed by atoms with Crippen LogP contribution in [0.3, 0.4) is 0 Å². The van der Waals surface area contributed by atoms with Crippen molar-refractivity contribution in [1.82, 2.24) is 24.9 Å². The third-order valence-corrected chi connectivity index (χ3v) is 8.32. The molecule has 0 amide bonds. The number of fused-ring (bicyclic) bond motifs is 4. The Labute approximate surface area is 270 Å². The Morgan fingerprint density at radius 3 is 1.47 bits per heavy atom. The van der Waals surface area contributed by atoms with E-state index in [0.29, 0.717) is 17.5 Å². The van der Waals surface area contributed by atoms with Crippen LogP contribution in [-0.4, -0.2) is 24.9 Å². The highest BCUT2D eigenvalue weighted by Crippen LogP contribution is 2.37. The molecule has 0 atom stereocenters. The summed E-state index contributed by atoms with van der Waals surface area (Å²) in [6.45, 7) is 0. The average Bonchev–Trinajstić information content (AvgIpc) is 3.53. The fourth-order valence-electron chi connectivity index (χ4n) is 6.02. The van der Waals surface area contributed by atoms with Crippen LogP contribution in [0, 0.1) is 0 Å². The Balaban J connectivity index is 1.22. The minimum atomic E-state index is 0.582. The van der Waals surface area contributed by atoms with Crippen LogP contribution in [0.5, 0.6) is 0 Å². The van der Waals surface area contributed by atoms with Gasteiger partial charge in [-0.2, -0.15) is 0 Å². The minimum absolute atomic E-state index is 0.582. The van der Waals surface area contributed by atoms with Gasteiger partial charge in [-0.1, -0.05) is 115 Å². The molecule has 0 saturated carbocycles. The molecule has 220 valence electrons. The van der Waals surface area contributed by atoms with Gasteiger partial charge in [0.25, 0.3) is 0 Å². The van der Waals surface area contributed by atoms with E-state index < -0.39 is 0 Å². The first-order valence-corrected chi connectivity index (χ1v) is 15.4. The van der Waals surface area contributed by atoms with E-state index in [-0.39, 0.29) is 0 Å². The molecule has 6 nitrogen and oxygen atoms in total. The summed E-state index contributed by atoms with van der Waals surface area (Å²) in [5.41, 5.74) is 9.38. The maximum Gasteiger partial charge on any atom is 0.164 e. The molecule has 3 heterocycles. The number of para-hydroxylation sites is 3. The summed E-state index contributed by atoms with van der Waals surface area (Å²) in [6, 6.07) is 50.5. The van der Waals surface area contributed by atoms with Gasteiger partial charge in [-0.15, -0.1) is 0 Å². The first-order valence-electron chi connectivity index (χ1n) is 15.4. The Morgan fingerprint density at radius 2 is 0.809 bits per heavy atom. The highest BCUT2D eigenvalue weighted by atomic mass is 16.3. The third kappa shape index (κ3) is 4.89. The quantitative estimate of drug-likeness (QED) is 0.195. The second-order valence-electron chi connectivity index (χ2n) is 11.3. The van der Waals surface area contributed by atoms with E-state index in [4.69, 9.17) is 29.3 Å². The van der Waals surface area contributed by atoms with E-state index in [1.54, 1.807) is 0 Å². The lowest BCUT2D eigenvalue weighted by atomic mass is 10.0. The molecule has 0 N–H and O–H groups in total. The van der Waals surface area contributed by atoms with Crippen LogP contribution in [0.4, 0.5) is 0 Å². The lowest BCUT2D eigenvalue weighted by molar-refractivity contribution is 0.669. The zero-order chi connectivity index (χ0) is 31.2. The van der Waals surface area contributed by atoms with Crippen molar-refractivity contribution >= 4 is 33.0 Å². The molecule has 0 radical (unpaired) electrons. The largest absolute Gasteiger partial charge is 0.456 e. The zero-order valence-corrected chi connectivity index (χ0v) is 25.1. The molecule has 0 spiro atoms. The number of benzene rings is 6. The zero-order valence-electron chi connectivity index (χ0n) is 25.1. The highest BCUT2D eigenvalue weighted by Gasteiger charge is 2.18. The van der Waals surface area contributed by atoms with Gasteiger partial charge >= 0.3 is 0 Å². The van der Waals surface area contributed by atoms with Crippen molar-refractivity contribution in [1.29, 1.82) is 0 Å². The molecule has 47 heavy (non-hydrogen) atoms. The van der Waals surface area contributed by atoms with Crippen molar-refractivity contribution in [2.24, 2.45) is 0 Å². The second kappa shape index (κ2) is 11.1. The van der Waals surface area contributed by atoms with E-state index in [1.807, 2.05) is 115 Å². The van der Waals surface area contributed by atoms with Gasteiger partial charge in [-0.3, -0.25) is 0 Å². The monoisotopic (exact) mass is 603 g/mol. The predicted octanol–water partition coefficient (Wildman–Crippen LogP) is 10.0. The van der Waals surface area contributed by atoms with Gasteiger partial charge in [0.1, 0.15) is 11.2 Å². The van der Waals surface area contributed by atoms with Gasteiger partial charge in [-0.05, 0) is 36.4 Å². The third-order valence-electron chi connectivity index (χ3n) is 8.32. The SMILES string of the molecule is c1ccc(-c2nc(-c3ccccc3)nc(-c3cccc(-c4nc5ccccc5nc4-c4ccc5c(c4)oc4ccccc45)c3)n2)cc1. The molecule has 9 aromatic rings. The highest BCUT2D eigenvalue weighted by molar-refractivity contribution is 6.06. The maximum absolute atomic E-state index is 6.25. The molecule has 6 aromatic carbocycles. The van der Waals surface area contributed by atoms with Crippen LogP contribution < -0.4 is 0 Å². The topological polar surface area (TPSA) is 77.6 Å². The van der Waals surface area contributed by atoms with Crippen molar-refractivity contribution in [3.63, 3.8) is 0 Å². The van der Waals surface area contributed by atoms with Gasteiger partial charge in [0.05, 0.1) is 22.4 Å². The summed E-state index contributed by atoms with van der Waals surface area (Å²) in [7, 11) is 0. The van der Waals surface area contributed by atoms with Gasteiger partial charge in [-0.25, -0.2) is 24.9 Å². The number of furan rings is 1. The maximum atomic E-state index is 6.25. The fourth-order valence-corrected chi connectivity index (χ4v) is 6.02. The molecule has 0 bridgehead atoms. The number of hydrogen-bond donors (Lipinski definition) is 0. The number of rotatable bonds is 5. The van der Waals surface area contributed by atoms with Crippen LogP contribution in [0.15, 0.2) is 156 Å². The number of aromatic nitrogens is 5. The summed E-state index contributed by atoms with van der Waals surface area (Å²) in [5.74, 6) is 1.81. The summed E-state index contributed by atoms with van der Waals surface area (Å²) < 4.78 is 6.25. The van der Waals surface area contributed by atoms with E-state index in [9.17, 15) is 0 Å². The molecule has 3 aromatic heterocycles. The number of nitrogens with zero attached hydrogens (tertiary/aromatic N) is 5. The molecule has 0 unspecified atom stereocenters. The lowest BCUT2D eigenvalue weighted by Crippen LogP contribution is -2.00. The first-order chi connectivity index (χ1) is 23.3. The van der Waals surface area contributed by atoms with Gasteiger partial charge in [0, 0.05) is 38.6 Å². The van der Waals surface area contributed by atoms with E-state index >= 15 is 0 Å². The Kier molecular flexibility index (Phi) is 6.35. The predicted molar refractivity (Wildman–Crippen MR) is 187 cm³/mol. The molecule has 0 aliphatic heterocycles. The van der Waals surface area contributed by atoms with E-state index in [0.717, 1.165) is 72.2 Å². The molecular formula is C41H25N5O. The molecule has 0 saturated heterocycles. The standard InChI is InChI=1S/C41H25N5O/c1-3-12-26(13-4-1)39-44-40(27-14-5-2-6-15-27)46-41(45-39)30-17-11-16-28(24-30)37-38(43-34-20-9-8-19-33(34)42-37)29-22-23-32-31-18-7-10-21-35(31)47-36(32)25-29/h1-25H. The van der Waals surface area contributed by atoms with Crippen LogP contribution in [-0.2, 0) is 0 Å². The van der Waals surface area contributed by atoms with Crippen molar-refractivity contribution in [2.75, 3.05) is 0 Å². The van der Waals surface area contributed by atoms with Gasteiger partial charge < -0.3 is 4.42 Å². The van der Waals surface area contributed by atoms with Crippen LogP contribution in [0.2, 0.25) is 0 Å². The first kappa shape index (κ1) is 26.8. The lowest BCUT2D eigenvalue weighted by Gasteiger charge is -2.12. The van der Waals surface area contributed by atoms with Crippen LogP contribution in [0.1, 0.15) is 0 Å². The van der Waals surface area contributed by atoms with Crippen molar-refractivity contribution in [2.45, 2.75) is 0 Å². The summed E-state index contributed by atoms with van der Waals surface area (Å²) >= 11 is 0. The number of hydrogen-bond acceptors (Lipinski definition) is 6. The molecule has 9 rings (SSSR count). The second-order valence-corrected chi connectivity index (χ2v) is 11.3. The molecule has 6 heteroatoms. The summed E-state index contributed by atoms with van der Waals surface area (Å²) in [6.07, 6.45) is 0.